The van der Waals surface area contributed by atoms with Gasteiger partial charge in [-0.25, -0.2) is 9.59 Å². The van der Waals surface area contributed by atoms with Gasteiger partial charge < -0.3 is 9.84 Å². The van der Waals surface area contributed by atoms with Gasteiger partial charge in [0.15, 0.2) is 0 Å². The molecule has 1 aromatic carbocycles. The Bertz CT molecular complexity index is 822. The summed E-state index contributed by atoms with van der Waals surface area (Å²) in [6.45, 7) is -0.455. The van der Waals surface area contributed by atoms with Crippen LogP contribution >= 0.6 is 0 Å². The van der Waals surface area contributed by atoms with Gasteiger partial charge >= 0.3 is 12.1 Å². The van der Waals surface area contributed by atoms with Crippen molar-refractivity contribution in [3.05, 3.63) is 39.9 Å². The standard InChI is InChI=1S/C15H18N2O9S/c1-27(23,24)26-12-6-7-13(16(8-12)15(19)20)14(18)25-9-10-2-4-11(5-3-10)17(21)22/h2-5,12-13H,6-9H2,1H3,(H,19,20)/t12-,13-/m0/s1. The van der Waals surface area contributed by atoms with Crippen molar-refractivity contribution in [2.75, 3.05) is 12.8 Å². The van der Waals surface area contributed by atoms with Crippen molar-refractivity contribution in [3.63, 3.8) is 0 Å². The highest BCUT2D eigenvalue weighted by molar-refractivity contribution is 7.86. The number of ether oxygens (including phenoxy) is 1. The van der Waals surface area contributed by atoms with Gasteiger partial charge in [0.25, 0.3) is 15.8 Å². The van der Waals surface area contributed by atoms with Gasteiger partial charge in [-0.1, -0.05) is 0 Å². The number of carboxylic acid groups (broad SMARTS) is 1. The molecule has 1 amide bonds. The smallest absolute Gasteiger partial charge is 0.408 e. The predicted molar refractivity (Wildman–Crippen MR) is 90.4 cm³/mol. The summed E-state index contributed by atoms with van der Waals surface area (Å²) in [6.07, 6.45) is -1.17. The second-order valence-electron chi connectivity index (χ2n) is 5.98. The summed E-state index contributed by atoms with van der Waals surface area (Å²) in [4.78, 5) is 34.5. The Hall–Kier alpha value is -2.73. The number of hydrogen-bond acceptors (Lipinski definition) is 8. The van der Waals surface area contributed by atoms with E-state index in [1.807, 2.05) is 0 Å². The second kappa shape index (κ2) is 8.31. The van der Waals surface area contributed by atoms with Crippen molar-refractivity contribution < 1.29 is 37.0 Å². The monoisotopic (exact) mass is 402 g/mol. The minimum absolute atomic E-state index is 0.0472. The van der Waals surface area contributed by atoms with Gasteiger partial charge in [-0.3, -0.25) is 19.2 Å². The molecule has 148 valence electrons. The lowest BCUT2D eigenvalue weighted by Crippen LogP contribution is -2.53. The first-order chi connectivity index (χ1) is 12.6. The zero-order valence-electron chi connectivity index (χ0n) is 14.3. The molecule has 27 heavy (non-hydrogen) atoms. The molecule has 1 aromatic rings. The topological polar surface area (TPSA) is 153 Å². The van der Waals surface area contributed by atoms with Crippen LogP contribution in [0.3, 0.4) is 0 Å². The number of piperidine rings is 1. The zero-order valence-corrected chi connectivity index (χ0v) is 15.1. The Kier molecular flexibility index (Phi) is 6.33. The summed E-state index contributed by atoms with van der Waals surface area (Å²) in [5, 5.41) is 19.9. The minimum atomic E-state index is -3.75. The highest BCUT2D eigenvalue weighted by Crippen LogP contribution is 2.22. The molecular formula is C15H18N2O9S. The molecule has 0 bridgehead atoms. The molecule has 0 saturated carbocycles. The van der Waals surface area contributed by atoms with Gasteiger partial charge in [0.05, 0.1) is 23.8 Å². The number of nitro groups is 1. The van der Waals surface area contributed by atoms with E-state index in [-0.39, 0.29) is 31.7 Å². The van der Waals surface area contributed by atoms with Crippen LogP contribution in [-0.2, 0) is 30.4 Å². The summed E-state index contributed by atoms with van der Waals surface area (Å²) >= 11 is 0. The average molecular weight is 402 g/mol. The van der Waals surface area contributed by atoms with E-state index < -0.39 is 39.2 Å². The highest BCUT2D eigenvalue weighted by atomic mass is 32.2. The fourth-order valence-electron chi connectivity index (χ4n) is 2.68. The largest absolute Gasteiger partial charge is 0.465 e. The molecule has 1 heterocycles. The van der Waals surface area contributed by atoms with Crippen LogP contribution in [0.5, 0.6) is 0 Å². The van der Waals surface area contributed by atoms with Crippen LogP contribution in [0.4, 0.5) is 10.5 Å². The predicted octanol–water partition coefficient (Wildman–Crippen LogP) is 1.13. The maximum absolute atomic E-state index is 12.3. The van der Waals surface area contributed by atoms with Crippen molar-refractivity contribution in [3.8, 4) is 0 Å². The molecule has 0 unspecified atom stereocenters. The van der Waals surface area contributed by atoms with Gasteiger partial charge in [0, 0.05) is 12.1 Å². The Morgan fingerprint density at radius 2 is 1.93 bits per heavy atom. The number of likely N-dealkylation sites (tertiary alicyclic amines) is 1. The van der Waals surface area contributed by atoms with Crippen molar-refractivity contribution in [2.24, 2.45) is 0 Å². The fourth-order valence-corrected chi connectivity index (χ4v) is 3.34. The number of carbonyl (C=O) groups is 2. The van der Waals surface area contributed by atoms with Crippen LogP contribution in [0.15, 0.2) is 24.3 Å². The summed E-state index contributed by atoms with van der Waals surface area (Å²) in [7, 11) is -3.75. The van der Waals surface area contributed by atoms with Crippen LogP contribution in [0.25, 0.3) is 0 Å². The van der Waals surface area contributed by atoms with Gasteiger partial charge in [-0.2, -0.15) is 8.42 Å². The Morgan fingerprint density at radius 1 is 1.30 bits per heavy atom. The number of nitro benzene ring substituents is 1. The lowest BCUT2D eigenvalue weighted by Gasteiger charge is -2.35. The third-order valence-electron chi connectivity index (χ3n) is 3.90. The Balaban J connectivity index is 1.98. The van der Waals surface area contributed by atoms with Crippen molar-refractivity contribution in [1.29, 1.82) is 0 Å². The second-order valence-corrected chi connectivity index (χ2v) is 7.58. The van der Waals surface area contributed by atoms with E-state index in [1.54, 1.807) is 0 Å². The summed E-state index contributed by atoms with van der Waals surface area (Å²) < 4.78 is 32.3. The van der Waals surface area contributed by atoms with Gasteiger partial charge in [-0.15, -0.1) is 0 Å². The first kappa shape index (κ1) is 20.6. The van der Waals surface area contributed by atoms with Crippen molar-refractivity contribution >= 4 is 27.9 Å². The molecule has 1 aliphatic rings. The van der Waals surface area contributed by atoms with E-state index in [0.29, 0.717) is 5.56 Å². The molecule has 1 saturated heterocycles. The summed E-state index contributed by atoms with van der Waals surface area (Å²) in [6, 6.07) is 4.30. The van der Waals surface area contributed by atoms with Crippen LogP contribution in [0.2, 0.25) is 0 Å². The van der Waals surface area contributed by atoms with E-state index >= 15 is 0 Å². The molecule has 1 N–H and O–H groups in total. The quantitative estimate of drug-likeness (QED) is 0.319. The molecule has 2 rings (SSSR count). The molecule has 0 spiro atoms. The minimum Gasteiger partial charge on any atom is -0.465 e. The van der Waals surface area contributed by atoms with E-state index in [1.165, 1.54) is 24.3 Å². The number of esters is 1. The summed E-state index contributed by atoms with van der Waals surface area (Å²) in [5.74, 6) is -0.784. The molecule has 0 aromatic heterocycles. The maximum atomic E-state index is 12.3. The zero-order chi connectivity index (χ0) is 20.2. The molecule has 0 aliphatic carbocycles. The van der Waals surface area contributed by atoms with Gasteiger partial charge in [0.1, 0.15) is 12.6 Å². The molecule has 1 fully saturated rings. The van der Waals surface area contributed by atoms with Crippen LogP contribution in [0, 0.1) is 10.1 Å². The first-order valence-electron chi connectivity index (χ1n) is 7.84. The maximum Gasteiger partial charge on any atom is 0.408 e. The van der Waals surface area contributed by atoms with E-state index in [4.69, 9.17) is 8.92 Å². The SMILES string of the molecule is CS(=O)(=O)O[C@H]1CC[C@@H](C(=O)OCc2ccc([N+](=O)[O-])cc2)N(C(=O)O)C1. The van der Waals surface area contributed by atoms with Crippen LogP contribution in [0.1, 0.15) is 18.4 Å². The normalized spacial score (nSPS) is 20.1. The number of benzene rings is 1. The number of nitrogens with zero attached hydrogens (tertiary/aromatic N) is 2. The third kappa shape index (κ3) is 5.89. The van der Waals surface area contributed by atoms with E-state index in [0.717, 1.165) is 11.2 Å². The molecule has 1 aliphatic heterocycles. The lowest BCUT2D eigenvalue weighted by molar-refractivity contribution is -0.384. The van der Waals surface area contributed by atoms with Crippen LogP contribution < -0.4 is 0 Å². The Labute approximate surface area is 154 Å². The average Bonchev–Trinajstić information content (AvgIpc) is 2.58. The number of carbonyl (C=O) groups excluding carboxylic acids is 1. The van der Waals surface area contributed by atoms with Gasteiger partial charge in [-0.05, 0) is 30.5 Å². The first-order valence-corrected chi connectivity index (χ1v) is 9.66. The molecule has 12 heteroatoms. The molecular weight excluding hydrogens is 384 g/mol. The van der Waals surface area contributed by atoms with Crippen molar-refractivity contribution in [1.82, 2.24) is 4.90 Å². The lowest BCUT2D eigenvalue weighted by atomic mass is 10.0. The molecule has 0 radical (unpaired) electrons. The third-order valence-corrected chi connectivity index (χ3v) is 4.52. The van der Waals surface area contributed by atoms with Crippen molar-refractivity contribution in [2.45, 2.75) is 31.6 Å². The van der Waals surface area contributed by atoms with Crippen LogP contribution in [-0.4, -0.2) is 60.4 Å². The van der Waals surface area contributed by atoms with Gasteiger partial charge in [0.2, 0.25) is 0 Å². The van der Waals surface area contributed by atoms with E-state index in [9.17, 15) is 33.2 Å². The number of amides is 1. The number of hydrogen-bond donors (Lipinski definition) is 1. The number of rotatable bonds is 6. The van der Waals surface area contributed by atoms with E-state index in [2.05, 4.69) is 0 Å². The molecule has 2 atom stereocenters. The summed E-state index contributed by atoms with van der Waals surface area (Å²) in [5.41, 5.74) is 0.399. The highest BCUT2D eigenvalue weighted by Gasteiger charge is 2.38. The fraction of sp³-hybridized carbons (Fsp3) is 0.467. The Morgan fingerprint density at radius 3 is 2.44 bits per heavy atom. The molecule has 11 nitrogen and oxygen atoms in total. The number of non-ortho nitro benzene ring substituents is 1.